The summed E-state index contributed by atoms with van der Waals surface area (Å²) in [4.78, 5) is 15.5. The van der Waals surface area contributed by atoms with Crippen molar-refractivity contribution in [2.75, 3.05) is 19.6 Å². The van der Waals surface area contributed by atoms with Gasteiger partial charge in [0.05, 0.1) is 6.07 Å². The van der Waals surface area contributed by atoms with Crippen LogP contribution in [-0.2, 0) is 0 Å². The SMILES string of the molecule is CC(C)N(CC#N)C(=O)N1CCCCC1. The molecule has 0 atom stereocenters. The minimum Gasteiger partial charge on any atom is -0.325 e. The second-order valence-corrected chi connectivity index (χ2v) is 4.21. The number of nitriles is 1. The molecule has 1 saturated heterocycles. The van der Waals surface area contributed by atoms with Crippen LogP contribution in [-0.4, -0.2) is 41.5 Å². The Balaban J connectivity index is 2.58. The van der Waals surface area contributed by atoms with E-state index in [-0.39, 0.29) is 18.6 Å². The molecule has 0 saturated carbocycles. The van der Waals surface area contributed by atoms with E-state index in [1.807, 2.05) is 24.8 Å². The van der Waals surface area contributed by atoms with Gasteiger partial charge in [-0.2, -0.15) is 5.26 Å². The molecular weight excluding hydrogens is 190 g/mol. The molecule has 84 valence electrons. The van der Waals surface area contributed by atoms with E-state index in [0.717, 1.165) is 25.9 Å². The maximum Gasteiger partial charge on any atom is 0.321 e. The van der Waals surface area contributed by atoms with E-state index in [0.29, 0.717) is 0 Å². The van der Waals surface area contributed by atoms with Crippen LogP contribution < -0.4 is 0 Å². The Kier molecular flexibility index (Phi) is 4.41. The number of hydrogen-bond donors (Lipinski definition) is 0. The second kappa shape index (κ2) is 5.59. The fourth-order valence-corrected chi connectivity index (χ4v) is 1.81. The number of carbonyl (C=O) groups is 1. The summed E-state index contributed by atoms with van der Waals surface area (Å²) >= 11 is 0. The molecule has 0 bridgehead atoms. The van der Waals surface area contributed by atoms with E-state index < -0.39 is 0 Å². The van der Waals surface area contributed by atoms with Crippen LogP contribution in [0, 0.1) is 11.3 Å². The van der Waals surface area contributed by atoms with Crippen LogP contribution in [0.3, 0.4) is 0 Å². The standard InChI is InChI=1S/C11H19N3O/c1-10(2)14(9-6-12)11(15)13-7-4-3-5-8-13/h10H,3-5,7-9H2,1-2H3. The molecule has 0 N–H and O–H groups in total. The summed E-state index contributed by atoms with van der Waals surface area (Å²) in [6.07, 6.45) is 3.39. The van der Waals surface area contributed by atoms with Gasteiger partial charge < -0.3 is 9.80 Å². The van der Waals surface area contributed by atoms with Crippen LogP contribution >= 0.6 is 0 Å². The molecule has 0 spiro atoms. The molecule has 1 fully saturated rings. The minimum absolute atomic E-state index is 0.0197. The smallest absolute Gasteiger partial charge is 0.321 e. The highest BCUT2D eigenvalue weighted by molar-refractivity contribution is 5.75. The minimum atomic E-state index is 0.0197. The van der Waals surface area contributed by atoms with Gasteiger partial charge in [0, 0.05) is 19.1 Å². The predicted octanol–water partition coefficient (Wildman–Crippen LogP) is 1.83. The maximum absolute atomic E-state index is 12.0. The van der Waals surface area contributed by atoms with Gasteiger partial charge in [-0.1, -0.05) is 0 Å². The molecule has 0 unspecified atom stereocenters. The van der Waals surface area contributed by atoms with Crippen molar-refractivity contribution in [1.29, 1.82) is 5.26 Å². The third-order valence-electron chi connectivity index (χ3n) is 2.74. The molecule has 1 rings (SSSR count). The van der Waals surface area contributed by atoms with E-state index in [9.17, 15) is 4.79 Å². The zero-order valence-corrected chi connectivity index (χ0v) is 9.57. The van der Waals surface area contributed by atoms with Crippen molar-refractivity contribution >= 4 is 6.03 Å². The summed E-state index contributed by atoms with van der Waals surface area (Å²) < 4.78 is 0. The highest BCUT2D eigenvalue weighted by Gasteiger charge is 2.23. The number of likely N-dealkylation sites (tertiary alicyclic amines) is 1. The van der Waals surface area contributed by atoms with Crippen molar-refractivity contribution in [3.63, 3.8) is 0 Å². The van der Waals surface area contributed by atoms with Gasteiger partial charge in [-0.15, -0.1) is 0 Å². The maximum atomic E-state index is 12.0. The fourth-order valence-electron chi connectivity index (χ4n) is 1.81. The second-order valence-electron chi connectivity index (χ2n) is 4.21. The Bertz CT molecular complexity index is 251. The van der Waals surface area contributed by atoms with Gasteiger partial charge >= 0.3 is 6.03 Å². The van der Waals surface area contributed by atoms with Gasteiger partial charge in [-0.05, 0) is 33.1 Å². The number of piperidine rings is 1. The van der Waals surface area contributed by atoms with Crippen molar-refractivity contribution in [3.8, 4) is 6.07 Å². The van der Waals surface area contributed by atoms with Crippen molar-refractivity contribution < 1.29 is 4.79 Å². The van der Waals surface area contributed by atoms with Gasteiger partial charge in [-0.3, -0.25) is 0 Å². The van der Waals surface area contributed by atoms with Crippen LogP contribution in [0.15, 0.2) is 0 Å². The molecule has 1 aliphatic rings. The van der Waals surface area contributed by atoms with E-state index in [2.05, 4.69) is 0 Å². The number of hydrogen-bond acceptors (Lipinski definition) is 2. The molecule has 1 heterocycles. The van der Waals surface area contributed by atoms with E-state index in [1.54, 1.807) is 4.90 Å². The van der Waals surface area contributed by atoms with Gasteiger partial charge in [0.1, 0.15) is 6.54 Å². The van der Waals surface area contributed by atoms with Gasteiger partial charge in [0.2, 0.25) is 0 Å². The van der Waals surface area contributed by atoms with Crippen molar-refractivity contribution in [2.45, 2.75) is 39.2 Å². The monoisotopic (exact) mass is 209 g/mol. The van der Waals surface area contributed by atoms with Gasteiger partial charge in [0.15, 0.2) is 0 Å². The van der Waals surface area contributed by atoms with E-state index in [4.69, 9.17) is 5.26 Å². The summed E-state index contributed by atoms with van der Waals surface area (Å²) in [6, 6.07) is 2.16. The highest BCUT2D eigenvalue weighted by atomic mass is 16.2. The first-order valence-corrected chi connectivity index (χ1v) is 5.59. The molecule has 0 aromatic carbocycles. The summed E-state index contributed by atoms with van der Waals surface area (Å²) in [5.74, 6) is 0. The Hall–Kier alpha value is -1.24. The Morgan fingerprint density at radius 3 is 2.47 bits per heavy atom. The molecule has 0 aliphatic carbocycles. The summed E-state index contributed by atoms with van der Waals surface area (Å²) in [7, 11) is 0. The van der Waals surface area contributed by atoms with Crippen LogP contribution in [0.25, 0.3) is 0 Å². The average molecular weight is 209 g/mol. The lowest BCUT2D eigenvalue weighted by atomic mass is 10.1. The first-order valence-electron chi connectivity index (χ1n) is 5.59. The Morgan fingerprint density at radius 1 is 1.40 bits per heavy atom. The van der Waals surface area contributed by atoms with Crippen molar-refractivity contribution in [1.82, 2.24) is 9.80 Å². The zero-order valence-electron chi connectivity index (χ0n) is 9.57. The average Bonchev–Trinajstić information content (AvgIpc) is 2.26. The highest BCUT2D eigenvalue weighted by Crippen LogP contribution is 2.12. The molecule has 4 heteroatoms. The zero-order chi connectivity index (χ0) is 11.3. The lowest BCUT2D eigenvalue weighted by Crippen LogP contribution is -2.48. The molecule has 0 aromatic heterocycles. The molecule has 15 heavy (non-hydrogen) atoms. The molecule has 0 aromatic rings. The third-order valence-corrected chi connectivity index (χ3v) is 2.74. The topological polar surface area (TPSA) is 47.3 Å². The molecular formula is C11H19N3O. The number of carbonyl (C=O) groups excluding carboxylic acids is 1. The lowest BCUT2D eigenvalue weighted by molar-refractivity contribution is 0.138. The Labute approximate surface area is 91.5 Å². The van der Waals surface area contributed by atoms with Crippen molar-refractivity contribution in [2.24, 2.45) is 0 Å². The van der Waals surface area contributed by atoms with Crippen LogP contribution in [0.4, 0.5) is 4.79 Å². The van der Waals surface area contributed by atoms with Gasteiger partial charge in [-0.25, -0.2) is 4.79 Å². The summed E-state index contributed by atoms with van der Waals surface area (Å²) in [5.41, 5.74) is 0. The fraction of sp³-hybridized carbons (Fsp3) is 0.818. The van der Waals surface area contributed by atoms with Crippen LogP contribution in [0.5, 0.6) is 0 Å². The third kappa shape index (κ3) is 3.12. The normalized spacial score (nSPS) is 16.3. The number of rotatable bonds is 2. The Morgan fingerprint density at radius 2 is 2.00 bits per heavy atom. The van der Waals surface area contributed by atoms with Gasteiger partial charge in [0.25, 0.3) is 0 Å². The number of urea groups is 1. The molecule has 4 nitrogen and oxygen atoms in total. The van der Waals surface area contributed by atoms with Crippen LogP contribution in [0.1, 0.15) is 33.1 Å². The van der Waals surface area contributed by atoms with Crippen LogP contribution in [0.2, 0.25) is 0 Å². The van der Waals surface area contributed by atoms with Crippen molar-refractivity contribution in [3.05, 3.63) is 0 Å². The first-order chi connectivity index (χ1) is 7.16. The quantitative estimate of drug-likeness (QED) is 0.651. The summed E-state index contributed by atoms with van der Waals surface area (Å²) in [5, 5.41) is 8.67. The molecule has 2 amide bonds. The largest absolute Gasteiger partial charge is 0.325 e. The molecule has 0 radical (unpaired) electrons. The lowest BCUT2D eigenvalue weighted by Gasteiger charge is -2.33. The molecule has 1 aliphatic heterocycles. The number of nitrogens with zero attached hydrogens (tertiary/aromatic N) is 3. The number of amides is 2. The first kappa shape index (κ1) is 11.8. The van der Waals surface area contributed by atoms with E-state index >= 15 is 0 Å². The predicted molar refractivity (Wildman–Crippen MR) is 58.3 cm³/mol. The summed E-state index contributed by atoms with van der Waals surface area (Å²) in [6.45, 7) is 5.76. The van der Waals surface area contributed by atoms with E-state index in [1.165, 1.54) is 6.42 Å².